The van der Waals surface area contributed by atoms with Gasteiger partial charge >= 0.3 is 0 Å². The molecule has 80 valence electrons. The molecule has 0 saturated heterocycles. The monoisotopic (exact) mass is 231 g/mol. The van der Waals surface area contributed by atoms with Gasteiger partial charge in [-0.25, -0.2) is 12.7 Å². The molecule has 1 N–H and O–H groups in total. The van der Waals surface area contributed by atoms with Crippen molar-refractivity contribution in [3.8, 4) is 0 Å². The van der Waals surface area contributed by atoms with Crippen LogP contribution < -0.4 is 0 Å². The third-order valence-electron chi connectivity index (χ3n) is 1.40. The molecule has 0 saturated carbocycles. The van der Waals surface area contributed by atoms with Crippen LogP contribution in [-0.4, -0.2) is 43.9 Å². The lowest BCUT2D eigenvalue weighted by atomic mass is 10.7. The van der Waals surface area contributed by atoms with Gasteiger partial charge in [0, 0.05) is 13.1 Å². The highest BCUT2D eigenvalue weighted by atomic mass is 32.3. The molecule has 0 rings (SSSR count). The van der Waals surface area contributed by atoms with Crippen LogP contribution in [0.5, 0.6) is 0 Å². The predicted octanol–water partition coefficient (Wildman–Crippen LogP) is -0.497. The fraction of sp³-hybridized carbons (Fsp3) is 1.00. The van der Waals surface area contributed by atoms with Gasteiger partial charge in [-0.2, -0.15) is 8.42 Å². The van der Waals surface area contributed by atoms with Gasteiger partial charge in [0.2, 0.25) is 10.0 Å². The van der Waals surface area contributed by atoms with Crippen molar-refractivity contribution in [2.75, 3.05) is 18.2 Å². The van der Waals surface area contributed by atoms with Crippen LogP contribution in [0.15, 0.2) is 0 Å². The fourth-order valence-corrected chi connectivity index (χ4v) is 3.77. The van der Waals surface area contributed by atoms with E-state index in [1.165, 1.54) is 0 Å². The van der Waals surface area contributed by atoms with Crippen molar-refractivity contribution in [3.63, 3.8) is 0 Å². The zero-order chi connectivity index (χ0) is 10.7. The minimum Gasteiger partial charge on any atom is -0.285 e. The molecule has 0 radical (unpaired) electrons. The zero-order valence-corrected chi connectivity index (χ0v) is 9.10. The Kier molecular flexibility index (Phi) is 4.30. The van der Waals surface area contributed by atoms with E-state index < -0.39 is 25.2 Å². The molecule has 0 heterocycles. The summed E-state index contributed by atoms with van der Waals surface area (Å²) in [5, 5.41) is -1.25. The van der Waals surface area contributed by atoms with Crippen LogP contribution in [0.4, 0.5) is 0 Å². The number of hydrogen-bond donors (Lipinski definition) is 1. The van der Waals surface area contributed by atoms with E-state index in [2.05, 4.69) is 0 Å². The van der Waals surface area contributed by atoms with E-state index in [0.717, 1.165) is 4.31 Å². The predicted molar refractivity (Wildman–Crippen MR) is 48.3 cm³/mol. The lowest BCUT2D eigenvalue weighted by molar-refractivity contribution is 0.444. The quantitative estimate of drug-likeness (QED) is 0.644. The van der Waals surface area contributed by atoms with Crippen molar-refractivity contribution < 1.29 is 21.4 Å². The molecule has 0 aromatic heterocycles. The Balaban J connectivity index is 4.78. The minimum absolute atomic E-state index is 0.189. The second kappa shape index (κ2) is 4.36. The van der Waals surface area contributed by atoms with E-state index in [-0.39, 0.29) is 13.1 Å². The van der Waals surface area contributed by atoms with Gasteiger partial charge in [-0.1, -0.05) is 13.8 Å². The topological polar surface area (TPSA) is 91.8 Å². The third-order valence-corrected chi connectivity index (χ3v) is 5.08. The maximum Gasteiger partial charge on any atom is 0.280 e. The van der Waals surface area contributed by atoms with Gasteiger partial charge in [0.15, 0.2) is 5.08 Å². The minimum atomic E-state index is -4.48. The highest BCUT2D eigenvalue weighted by Gasteiger charge is 2.25. The summed E-state index contributed by atoms with van der Waals surface area (Å²) in [6, 6.07) is 0. The largest absolute Gasteiger partial charge is 0.285 e. The Morgan fingerprint density at radius 2 is 1.46 bits per heavy atom. The summed E-state index contributed by atoms with van der Waals surface area (Å²) in [6.07, 6.45) is 0. The molecule has 0 amide bonds. The number of nitrogens with zero attached hydrogens (tertiary/aromatic N) is 1. The summed E-state index contributed by atoms with van der Waals surface area (Å²) in [5.41, 5.74) is 0. The standard InChI is InChI=1S/C5H13NO5S2/c1-3-6(4-2)12(7,8)5-13(9,10)11/h3-5H2,1-2H3,(H,9,10,11). The van der Waals surface area contributed by atoms with Gasteiger partial charge in [-0.15, -0.1) is 0 Å². The van der Waals surface area contributed by atoms with Crippen molar-refractivity contribution in [2.24, 2.45) is 0 Å². The van der Waals surface area contributed by atoms with E-state index in [0.29, 0.717) is 0 Å². The van der Waals surface area contributed by atoms with Crippen molar-refractivity contribution in [1.82, 2.24) is 4.31 Å². The molecule has 0 atom stereocenters. The maximum absolute atomic E-state index is 11.2. The van der Waals surface area contributed by atoms with Crippen LogP contribution in [0.1, 0.15) is 13.8 Å². The first-order valence-electron chi connectivity index (χ1n) is 3.66. The van der Waals surface area contributed by atoms with Gasteiger partial charge in [0.05, 0.1) is 0 Å². The average Bonchev–Trinajstić information content (AvgIpc) is 1.83. The third kappa shape index (κ3) is 4.55. The van der Waals surface area contributed by atoms with Crippen molar-refractivity contribution in [3.05, 3.63) is 0 Å². The van der Waals surface area contributed by atoms with E-state index in [9.17, 15) is 16.8 Å². The van der Waals surface area contributed by atoms with Crippen LogP contribution in [0.25, 0.3) is 0 Å². The Morgan fingerprint density at radius 1 is 1.08 bits per heavy atom. The first kappa shape index (κ1) is 12.8. The highest BCUT2D eigenvalue weighted by Crippen LogP contribution is 2.03. The molecular weight excluding hydrogens is 218 g/mol. The molecule has 0 aliphatic rings. The van der Waals surface area contributed by atoms with E-state index >= 15 is 0 Å². The summed E-state index contributed by atoms with van der Waals surface area (Å²) in [4.78, 5) is 0. The van der Waals surface area contributed by atoms with Gasteiger partial charge in [0.25, 0.3) is 10.1 Å². The number of rotatable bonds is 5. The number of sulfonamides is 1. The summed E-state index contributed by atoms with van der Waals surface area (Å²) in [6.45, 7) is 3.55. The van der Waals surface area contributed by atoms with Crippen molar-refractivity contribution in [1.29, 1.82) is 0 Å². The van der Waals surface area contributed by atoms with E-state index in [1.54, 1.807) is 13.8 Å². The highest BCUT2D eigenvalue weighted by molar-refractivity contribution is 8.04. The molecular formula is C5H13NO5S2. The summed E-state index contributed by atoms with van der Waals surface area (Å²) >= 11 is 0. The molecule has 13 heavy (non-hydrogen) atoms. The Morgan fingerprint density at radius 3 is 1.69 bits per heavy atom. The second-order valence-corrected chi connectivity index (χ2v) is 6.18. The fourth-order valence-electron chi connectivity index (χ4n) is 0.880. The SMILES string of the molecule is CCN(CC)S(=O)(=O)CS(=O)(=O)O. The van der Waals surface area contributed by atoms with Crippen molar-refractivity contribution >= 4 is 20.1 Å². The Bertz CT molecular complexity index is 339. The van der Waals surface area contributed by atoms with Crippen LogP contribution in [0.2, 0.25) is 0 Å². The molecule has 0 fully saturated rings. The average molecular weight is 231 g/mol. The molecule has 0 aliphatic carbocycles. The zero-order valence-electron chi connectivity index (χ0n) is 7.47. The lowest BCUT2D eigenvalue weighted by Gasteiger charge is -2.16. The van der Waals surface area contributed by atoms with Crippen molar-refractivity contribution in [2.45, 2.75) is 13.8 Å². The van der Waals surface area contributed by atoms with Crippen LogP contribution in [-0.2, 0) is 20.1 Å². The first-order valence-corrected chi connectivity index (χ1v) is 6.87. The second-order valence-electron chi connectivity index (χ2n) is 2.40. The smallest absolute Gasteiger partial charge is 0.280 e. The Labute approximate surface area is 78.3 Å². The van der Waals surface area contributed by atoms with Gasteiger partial charge in [0.1, 0.15) is 0 Å². The molecule has 0 aromatic rings. The number of hydrogen-bond acceptors (Lipinski definition) is 4. The molecule has 0 spiro atoms. The summed E-state index contributed by atoms with van der Waals surface area (Å²) < 4.78 is 52.4. The van der Waals surface area contributed by atoms with Crippen LogP contribution in [0, 0.1) is 0 Å². The van der Waals surface area contributed by atoms with Gasteiger partial charge in [-0.05, 0) is 0 Å². The van der Waals surface area contributed by atoms with E-state index in [4.69, 9.17) is 4.55 Å². The summed E-state index contributed by atoms with van der Waals surface area (Å²) in [7, 11) is -8.36. The van der Waals surface area contributed by atoms with E-state index in [1.807, 2.05) is 0 Å². The summed E-state index contributed by atoms with van der Waals surface area (Å²) in [5.74, 6) is 0. The lowest BCUT2D eigenvalue weighted by Crippen LogP contribution is -2.35. The normalized spacial score (nSPS) is 13.5. The van der Waals surface area contributed by atoms with Crippen LogP contribution >= 0.6 is 0 Å². The molecule has 0 aromatic carbocycles. The first-order chi connectivity index (χ1) is 5.73. The maximum atomic E-state index is 11.2. The molecule has 0 unspecified atom stereocenters. The molecule has 6 nitrogen and oxygen atoms in total. The molecule has 8 heteroatoms. The van der Waals surface area contributed by atoms with Gasteiger partial charge in [-0.3, -0.25) is 4.55 Å². The molecule has 0 aliphatic heterocycles. The van der Waals surface area contributed by atoms with Crippen LogP contribution in [0.3, 0.4) is 0 Å². The molecule has 0 bridgehead atoms. The Hall–Kier alpha value is -0.180. The van der Waals surface area contributed by atoms with Gasteiger partial charge < -0.3 is 0 Å².